The van der Waals surface area contributed by atoms with Gasteiger partial charge in [0.1, 0.15) is 30.7 Å². The summed E-state index contributed by atoms with van der Waals surface area (Å²) in [5.41, 5.74) is 11.2. The van der Waals surface area contributed by atoms with Gasteiger partial charge in [-0.25, -0.2) is 28.3 Å². The number of alkyl halides is 2. The summed E-state index contributed by atoms with van der Waals surface area (Å²) >= 11 is 5.16. The van der Waals surface area contributed by atoms with E-state index in [0.29, 0.717) is 0 Å². The third kappa shape index (κ3) is 5.06. The number of anilines is 2. The highest BCUT2D eigenvalue weighted by atomic mass is 32.5. The Kier molecular flexibility index (Phi) is 7.40. The highest BCUT2D eigenvalue weighted by Crippen LogP contribution is 2.51. The molecule has 0 radical (unpaired) electrons. The van der Waals surface area contributed by atoms with Crippen molar-refractivity contribution in [2.24, 2.45) is 0 Å². The normalized spacial score (nSPS) is 35.8. The monoisotopic (exact) mass is 678 g/mol. The number of aromatic nitrogens is 8. The lowest BCUT2D eigenvalue weighted by Crippen LogP contribution is -2.46. The minimum atomic E-state index is -4.32. The number of hydrogen-bond donors (Lipinski definition) is 5. The molecule has 4 aromatic rings. The van der Waals surface area contributed by atoms with Crippen LogP contribution in [0.1, 0.15) is 12.5 Å². The SMILES string of the molecule is Nc1nc2c([nH]c[n+]2C2OC3CO[P+](=O)OC4C(COP(O)(=S)OC2C3F)OC(n2cnc3c(N)ncnc32)C4F)c(=O)[nH]1. The van der Waals surface area contributed by atoms with Gasteiger partial charge in [0.2, 0.25) is 11.7 Å². The van der Waals surface area contributed by atoms with Crippen LogP contribution >= 0.6 is 15.0 Å². The molecule has 10 unspecified atom stereocenters. The molecule has 0 amide bonds. The first kappa shape index (κ1) is 29.5. The molecular weight excluding hydrogens is 656 g/mol. The predicted molar refractivity (Wildman–Crippen MR) is 144 cm³/mol. The summed E-state index contributed by atoms with van der Waals surface area (Å²) in [6, 6.07) is 0. The zero-order valence-corrected chi connectivity index (χ0v) is 24.5. The second-order valence-corrected chi connectivity index (χ2v) is 13.6. The molecule has 0 spiro atoms. The maximum Gasteiger partial charge on any atom is 0.697 e. The third-order valence-corrected chi connectivity index (χ3v) is 9.52. The van der Waals surface area contributed by atoms with Crippen molar-refractivity contribution in [3.8, 4) is 0 Å². The molecule has 10 atom stereocenters. The lowest BCUT2D eigenvalue weighted by Gasteiger charge is -2.25. The highest BCUT2D eigenvalue weighted by Gasteiger charge is 2.56. The second kappa shape index (κ2) is 11.0. The Hall–Kier alpha value is -3.17. The van der Waals surface area contributed by atoms with Crippen LogP contribution in [0.25, 0.3) is 22.3 Å². The molecule has 0 saturated carbocycles. The van der Waals surface area contributed by atoms with Crippen LogP contribution in [0.2, 0.25) is 0 Å². The van der Waals surface area contributed by atoms with E-state index < -0.39 is 83.0 Å². The Balaban J connectivity index is 1.18. The number of imidazole rings is 2. The minimum absolute atomic E-state index is 0.0122. The largest absolute Gasteiger partial charge is 0.697 e. The van der Waals surface area contributed by atoms with E-state index in [-0.39, 0.29) is 34.1 Å². The predicted octanol–water partition coefficient (Wildman–Crippen LogP) is -0.295. The van der Waals surface area contributed by atoms with E-state index in [0.717, 1.165) is 6.33 Å². The summed E-state index contributed by atoms with van der Waals surface area (Å²) in [6.45, 7) is -5.60. The van der Waals surface area contributed by atoms with E-state index in [2.05, 4.69) is 29.9 Å². The maximum absolute atomic E-state index is 15.8. The fraction of sp³-hybridized carbons (Fsp3) is 0.500. The first-order valence-corrected chi connectivity index (χ1v) is 16.4. The summed E-state index contributed by atoms with van der Waals surface area (Å²) < 4.78 is 80.2. The quantitative estimate of drug-likeness (QED) is 0.135. The zero-order valence-electron chi connectivity index (χ0n) is 21.9. The topological polar surface area (TPSA) is 254 Å². The number of H-pyrrole nitrogens is 2. The van der Waals surface area contributed by atoms with Crippen molar-refractivity contribution < 1.29 is 50.4 Å². The Morgan fingerprint density at radius 3 is 2.80 bits per heavy atom. The summed E-state index contributed by atoms with van der Waals surface area (Å²) in [5, 5.41) is 0. The van der Waals surface area contributed by atoms with Crippen LogP contribution in [0.3, 0.4) is 0 Å². The maximum atomic E-state index is 15.8. The van der Waals surface area contributed by atoms with Crippen LogP contribution < -0.4 is 21.6 Å². The number of aromatic amines is 2. The number of ether oxygens (including phenoxy) is 2. The molecule has 4 aromatic heterocycles. The first-order valence-electron chi connectivity index (χ1n) is 12.7. The standard InChI is InChI=1S/C20H20F2N10O9P2S/c21-8-6-1-36-42(34)40-12-7(39-18(9(12)22)31-4-27-10-14(23)25-3-26-15(10)31)2-37-43(35,44)41-13(8)19(38-6)32-5-28-11-16(32)29-20(24)30-17(11)33/h3-9,12-13,18-19H,1-2H2,(H5-,23,24,25,26,29,30,33,35,44)/p+2. The van der Waals surface area contributed by atoms with Gasteiger partial charge < -0.3 is 30.4 Å². The van der Waals surface area contributed by atoms with Gasteiger partial charge in [0, 0.05) is 4.57 Å². The molecular formula is C20H22F2N10O9P2S+2. The van der Waals surface area contributed by atoms with Gasteiger partial charge in [0.15, 0.2) is 48.6 Å². The van der Waals surface area contributed by atoms with Gasteiger partial charge in [-0.05, 0) is 11.8 Å². The first-order chi connectivity index (χ1) is 21.0. The molecule has 7 N–H and O–H groups in total. The van der Waals surface area contributed by atoms with Crippen LogP contribution in [-0.2, 0) is 43.9 Å². The van der Waals surface area contributed by atoms with E-state index in [1.54, 1.807) is 0 Å². The smallest absolute Gasteiger partial charge is 0.382 e. The van der Waals surface area contributed by atoms with Crippen molar-refractivity contribution in [2.45, 2.75) is 49.2 Å². The molecule has 3 saturated heterocycles. The number of nitrogens with two attached hydrogens (primary N) is 2. The van der Waals surface area contributed by atoms with Gasteiger partial charge in [-0.2, -0.15) is 0 Å². The van der Waals surface area contributed by atoms with Crippen LogP contribution in [0.4, 0.5) is 20.5 Å². The molecule has 234 valence electrons. The average molecular weight is 678 g/mol. The second-order valence-electron chi connectivity index (χ2n) is 9.86. The van der Waals surface area contributed by atoms with Gasteiger partial charge in [-0.1, -0.05) is 4.98 Å². The van der Waals surface area contributed by atoms with Crippen molar-refractivity contribution in [3.63, 3.8) is 0 Å². The molecule has 7 heterocycles. The fourth-order valence-electron chi connectivity index (χ4n) is 5.20. The summed E-state index contributed by atoms with van der Waals surface area (Å²) in [7, 11) is -3.07. The van der Waals surface area contributed by atoms with Gasteiger partial charge in [-0.15, -0.1) is 9.05 Å². The Bertz CT molecular complexity index is 1880. The summed E-state index contributed by atoms with van der Waals surface area (Å²) in [5.74, 6) is -0.179. The van der Waals surface area contributed by atoms with E-state index >= 15 is 8.78 Å². The molecule has 24 heteroatoms. The summed E-state index contributed by atoms with van der Waals surface area (Å²) in [6.07, 6.45) is -9.16. The number of nitrogens with zero attached hydrogens (tertiary/aromatic N) is 6. The number of halogens is 2. The van der Waals surface area contributed by atoms with Crippen LogP contribution in [0, 0.1) is 0 Å². The number of nitrogens with one attached hydrogen (secondary N) is 2. The van der Waals surface area contributed by atoms with E-state index in [1.165, 1.54) is 21.8 Å². The van der Waals surface area contributed by atoms with Gasteiger partial charge in [-0.3, -0.25) is 23.9 Å². The van der Waals surface area contributed by atoms with Crippen molar-refractivity contribution in [2.75, 3.05) is 24.7 Å². The Labute approximate surface area is 249 Å². The van der Waals surface area contributed by atoms with E-state index in [1.807, 2.05) is 0 Å². The average Bonchev–Trinajstić information content (AvgIpc) is 3.72. The van der Waals surface area contributed by atoms with E-state index in [9.17, 15) is 14.3 Å². The molecule has 44 heavy (non-hydrogen) atoms. The molecule has 3 fully saturated rings. The molecule has 7 rings (SSSR count). The lowest BCUT2D eigenvalue weighted by molar-refractivity contribution is -0.744. The molecule has 2 bridgehead atoms. The molecule has 0 aliphatic carbocycles. The number of rotatable bonds is 2. The van der Waals surface area contributed by atoms with Gasteiger partial charge in [0.05, 0.1) is 12.9 Å². The van der Waals surface area contributed by atoms with Crippen molar-refractivity contribution in [1.82, 2.24) is 34.5 Å². The fourth-order valence-corrected chi connectivity index (χ4v) is 7.39. The minimum Gasteiger partial charge on any atom is -0.382 e. The van der Waals surface area contributed by atoms with Crippen LogP contribution in [-0.4, -0.2) is 89.3 Å². The van der Waals surface area contributed by atoms with Gasteiger partial charge >= 0.3 is 20.6 Å². The van der Waals surface area contributed by atoms with Crippen LogP contribution in [0.15, 0.2) is 23.8 Å². The molecule has 0 aromatic carbocycles. The molecule has 19 nitrogen and oxygen atoms in total. The third-order valence-electron chi connectivity index (χ3n) is 7.19. The van der Waals surface area contributed by atoms with Crippen molar-refractivity contribution in [3.05, 3.63) is 29.3 Å². The van der Waals surface area contributed by atoms with Crippen LogP contribution in [0.5, 0.6) is 0 Å². The lowest BCUT2D eigenvalue weighted by atomic mass is 10.1. The highest BCUT2D eigenvalue weighted by molar-refractivity contribution is 8.07. The number of nitrogen functional groups attached to an aromatic ring is 2. The zero-order chi connectivity index (χ0) is 30.9. The number of fused-ring (bicyclic) bond motifs is 5. The Morgan fingerprint density at radius 1 is 1.16 bits per heavy atom. The Morgan fingerprint density at radius 2 is 1.98 bits per heavy atom. The summed E-state index contributed by atoms with van der Waals surface area (Å²) in [4.78, 5) is 44.4. The van der Waals surface area contributed by atoms with Crippen molar-refractivity contribution in [1.29, 1.82) is 0 Å². The number of hydrogen-bond acceptors (Lipinski definition) is 15. The van der Waals surface area contributed by atoms with Crippen molar-refractivity contribution >= 4 is 60.9 Å². The molecule has 3 aliphatic heterocycles. The molecule has 3 aliphatic rings. The van der Waals surface area contributed by atoms with Gasteiger partial charge in [0.25, 0.3) is 11.5 Å². The van der Waals surface area contributed by atoms with E-state index in [4.69, 9.17) is 50.8 Å².